The molecule has 0 saturated heterocycles. The highest BCUT2D eigenvalue weighted by Gasteiger charge is 2.11. The molecule has 6 heteroatoms. The fraction of sp³-hybridized carbons (Fsp3) is 0.604. The van der Waals surface area contributed by atoms with Gasteiger partial charge in [0.05, 0.1) is 0 Å². The molecule has 1 atom stereocenters. The summed E-state index contributed by atoms with van der Waals surface area (Å²) < 4.78 is 5.91. The van der Waals surface area contributed by atoms with E-state index in [1.54, 1.807) is 0 Å². The van der Waals surface area contributed by atoms with E-state index in [0.29, 0.717) is 12.8 Å². The summed E-state index contributed by atoms with van der Waals surface area (Å²) >= 11 is 0. The number of unbranched alkanes of at least 4 members (excludes halogenated alkanes) is 12. The first-order valence-corrected chi connectivity index (χ1v) is 21.4. The quantitative estimate of drug-likeness (QED) is 0.0375. The summed E-state index contributed by atoms with van der Waals surface area (Å²) in [5.74, 6) is -1.33. The van der Waals surface area contributed by atoms with Crippen LogP contribution < -0.4 is 5.32 Å². The second kappa shape index (κ2) is 42.1. The van der Waals surface area contributed by atoms with Crippen molar-refractivity contribution in [1.29, 1.82) is 0 Å². The maximum absolute atomic E-state index is 12.7. The summed E-state index contributed by atoms with van der Waals surface area (Å²) in [4.78, 5) is 34.9. The maximum atomic E-state index is 12.7. The van der Waals surface area contributed by atoms with E-state index in [4.69, 9.17) is 9.84 Å². The second-order valence-electron chi connectivity index (χ2n) is 13.9. The predicted molar refractivity (Wildman–Crippen MR) is 230 cm³/mol. The van der Waals surface area contributed by atoms with Crippen LogP contribution in [0.5, 0.6) is 0 Å². The molecule has 0 radical (unpaired) electrons. The van der Waals surface area contributed by atoms with Crippen molar-refractivity contribution in [2.75, 3.05) is 6.54 Å². The van der Waals surface area contributed by atoms with Crippen molar-refractivity contribution in [3.05, 3.63) is 97.2 Å². The lowest BCUT2D eigenvalue weighted by Gasteiger charge is -2.14. The highest BCUT2D eigenvalue weighted by Crippen LogP contribution is 2.15. The Balaban J connectivity index is 4.17. The van der Waals surface area contributed by atoms with Crippen LogP contribution in [0.25, 0.3) is 0 Å². The van der Waals surface area contributed by atoms with Gasteiger partial charge in [-0.3, -0.25) is 14.4 Å². The number of carbonyl (C=O) groups is 3. The van der Waals surface area contributed by atoms with E-state index in [1.165, 1.54) is 19.3 Å². The molecule has 1 amide bonds. The molecule has 0 aromatic rings. The summed E-state index contributed by atoms with van der Waals surface area (Å²) in [7, 11) is 0. The summed E-state index contributed by atoms with van der Waals surface area (Å²) in [6.45, 7) is 4.06. The average molecular weight is 748 g/mol. The number of hydrogen-bond acceptors (Lipinski definition) is 4. The molecule has 0 fully saturated rings. The molecule has 0 heterocycles. The third-order valence-corrected chi connectivity index (χ3v) is 8.72. The van der Waals surface area contributed by atoms with Crippen molar-refractivity contribution in [2.24, 2.45) is 0 Å². The Morgan fingerprint density at radius 2 is 0.963 bits per heavy atom. The fourth-order valence-corrected chi connectivity index (χ4v) is 5.58. The van der Waals surface area contributed by atoms with Crippen LogP contribution in [0, 0.1) is 0 Å². The largest absolute Gasteiger partial charge is 0.480 e. The molecule has 0 aliphatic rings. The lowest BCUT2D eigenvalue weighted by Crippen LogP contribution is -2.28. The Kier molecular flexibility index (Phi) is 39.2. The number of ether oxygens (including phenoxy) is 1. The molecule has 0 aromatic heterocycles. The zero-order valence-corrected chi connectivity index (χ0v) is 34.3. The average Bonchev–Trinajstić information content (AvgIpc) is 3.16. The van der Waals surface area contributed by atoms with Gasteiger partial charge in [0.1, 0.15) is 12.6 Å². The standard InChI is InChI=1S/C48H77NO5/c1-3-5-7-9-11-13-14-15-16-17-18-19-20-21-22-23-24-25-26-27-29-35-39-43-48(53)54-45(40-36-32-28-12-10-8-6-4-2)41-37-33-30-31-34-38-42-46(50)49-44-47(51)52/h5,7,11-13,15-16,18-19,21-22,24-25,28,36,40,45H,3-4,6,8-10,14,17,20,23,26-27,29-35,37-39,41-44H2,1-2H3,(H,49,50)(H,51,52)/b7-5-,13-11-,16-15-,19-18-,22-21-,25-24-,28-12-,40-36-. The van der Waals surface area contributed by atoms with E-state index in [2.05, 4.69) is 116 Å². The number of amides is 1. The minimum absolute atomic E-state index is 0.0992. The number of nitrogens with one attached hydrogen (secondary N) is 1. The highest BCUT2D eigenvalue weighted by atomic mass is 16.5. The molecule has 54 heavy (non-hydrogen) atoms. The van der Waals surface area contributed by atoms with Crippen LogP contribution in [0.4, 0.5) is 0 Å². The van der Waals surface area contributed by atoms with Crippen LogP contribution in [-0.2, 0) is 19.1 Å². The number of rotatable bonds is 37. The minimum Gasteiger partial charge on any atom is -0.480 e. The molecular weight excluding hydrogens is 671 g/mol. The molecule has 304 valence electrons. The maximum Gasteiger partial charge on any atom is 0.322 e. The lowest BCUT2D eigenvalue weighted by molar-refractivity contribution is -0.147. The van der Waals surface area contributed by atoms with Gasteiger partial charge in [0.25, 0.3) is 0 Å². The van der Waals surface area contributed by atoms with Crippen molar-refractivity contribution in [2.45, 2.75) is 180 Å². The van der Waals surface area contributed by atoms with Gasteiger partial charge in [-0.25, -0.2) is 0 Å². The molecule has 0 spiro atoms. The Hall–Kier alpha value is -3.67. The van der Waals surface area contributed by atoms with Crippen LogP contribution in [0.1, 0.15) is 174 Å². The second-order valence-corrected chi connectivity index (χ2v) is 13.9. The number of allylic oxidation sites excluding steroid dienone is 15. The molecule has 0 aliphatic carbocycles. The zero-order chi connectivity index (χ0) is 39.4. The number of carbonyl (C=O) groups excluding carboxylic acids is 2. The molecular formula is C48H77NO5. The highest BCUT2D eigenvalue weighted by molar-refractivity contribution is 5.80. The summed E-state index contributed by atoms with van der Waals surface area (Å²) in [6, 6.07) is 0. The third-order valence-electron chi connectivity index (χ3n) is 8.72. The van der Waals surface area contributed by atoms with Crippen molar-refractivity contribution in [3.8, 4) is 0 Å². The Morgan fingerprint density at radius 3 is 1.50 bits per heavy atom. The Morgan fingerprint density at radius 1 is 0.519 bits per heavy atom. The normalized spacial score (nSPS) is 13.1. The monoisotopic (exact) mass is 748 g/mol. The Labute approximate surface area is 330 Å². The van der Waals surface area contributed by atoms with Gasteiger partial charge in [-0.2, -0.15) is 0 Å². The van der Waals surface area contributed by atoms with Crippen LogP contribution in [0.15, 0.2) is 97.2 Å². The first-order valence-electron chi connectivity index (χ1n) is 21.4. The topological polar surface area (TPSA) is 92.7 Å². The Bertz CT molecular complexity index is 1140. The van der Waals surface area contributed by atoms with Crippen molar-refractivity contribution in [1.82, 2.24) is 5.32 Å². The first kappa shape index (κ1) is 50.3. The van der Waals surface area contributed by atoms with Gasteiger partial charge in [0, 0.05) is 12.8 Å². The predicted octanol–water partition coefficient (Wildman–Crippen LogP) is 13.3. The number of esters is 1. The molecule has 0 bridgehead atoms. The van der Waals surface area contributed by atoms with Crippen molar-refractivity contribution >= 4 is 17.8 Å². The van der Waals surface area contributed by atoms with Crippen LogP contribution in [-0.4, -0.2) is 35.6 Å². The summed E-state index contributed by atoms with van der Waals surface area (Å²) in [5, 5.41) is 11.0. The van der Waals surface area contributed by atoms with E-state index in [1.807, 2.05) is 0 Å². The van der Waals surface area contributed by atoms with Crippen LogP contribution in [0.3, 0.4) is 0 Å². The van der Waals surface area contributed by atoms with Crippen LogP contribution >= 0.6 is 0 Å². The minimum atomic E-state index is -1.02. The number of hydrogen-bond donors (Lipinski definition) is 2. The first-order chi connectivity index (χ1) is 26.5. The molecule has 1 unspecified atom stereocenters. The fourth-order valence-electron chi connectivity index (χ4n) is 5.58. The molecule has 0 rings (SSSR count). The van der Waals surface area contributed by atoms with Gasteiger partial charge in [0.2, 0.25) is 5.91 Å². The van der Waals surface area contributed by atoms with Gasteiger partial charge >= 0.3 is 11.9 Å². The lowest BCUT2D eigenvalue weighted by atomic mass is 10.1. The van der Waals surface area contributed by atoms with E-state index >= 15 is 0 Å². The van der Waals surface area contributed by atoms with Gasteiger partial charge in [-0.15, -0.1) is 0 Å². The molecule has 0 saturated carbocycles. The van der Waals surface area contributed by atoms with E-state index < -0.39 is 5.97 Å². The van der Waals surface area contributed by atoms with Crippen LogP contribution in [0.2, 0.25) is 0 Å². The molecule has 0 aromatic carbocycles. The van der Waals surface area contributed by atoms with Crippen molar-refractivity contribution < 1.29 is 24.2 Å². The van der Waals surface area contributed by atoms with Gasteiger partial charge in [-0.05, 0) is 102 Å². The van der Waals surface area contributed by atoms with Gasteiger partial charge in [-0.1, -0.05) is 156 Å². The SMILES string of the molecule is CC/C=C\C/C=C\C/C=C\C/C=C\C/C=C\C/C=C\CCCCCCC(=O)OC(/C=C\C/C=C\CCCCC)CCCCCCCCC(=O)NCC(=O)O. The third kappa shape index (κ3) is 41.1. The number of carboxylic acids is 1. The smallest absolute Gasteiger partial charge is 0.322 e. The van der Waals surface area contributed by atoms with E-state index in [0.717, 1.165) is 128 Å². The molecule has 2 N–H and O–H groups in total. The number of carboxylic acid groups (broad SMARTS) is 1. The van der Waals surface area contributed by atoms with E-state index in [9.17, 15) is 14.4 Å². The van der Waals surface area contributed by atoms with Gasteiger partial charge < -0.3 is 15.2 Å². The van der Waals surface area contributed by atoms with E-state index in [-0.39, 0.29) is 24.5 Å². The van der Waals surface area contributed by atoms with Crippen molar-refractivity contribution in [3.63, 3.8) is 0 Å². The molecule has 6 nitrogen and oxygen atoms in total. The zero-order valence-electron chi connectivity index (χ0n) is 34.3. The van der Waals surface area contributed by atoms with Gasteiger partial charge in [0.15, 0.2) is 0 Å². The number of aliphatic carboxylic acids is 1. The molecule has 0 aliphatic heterocycles. The summed E-state index contributed by atoms with van der Waals surface area (Å²) in [6.07, 6.45) is 59.8. The summed E-state index contributed by atoms with van der Waals surface area (Å²) in [5.41, 5.74) is 0.